The van der Waals surface area contributed by atoms with Gasteiger partial charge < -0.3 is 4.74 Å². The van der Waals surface area contributed by atoms with Gasteiger partial charge in [-0.25, -0.2) is 0 Å². The molecule has 3 heteroatoms. The van der Waals surface area contributed by atoms with Crippen molar-refractivity contribution in [1.29, 1.82) is 0 Å². The molecule has 1 atom stereocenters. The number of hydrogen-bond acceptors (Lipinski definition) is 3. The van der Waals surface area contributed by atoms with E-state index in [1.165, 1.54) is 83.5 Å². The summed E-state index contributed by atoms with van der Waals surface area (Å²) >= 11 is 4.11. The molecule has 0 N–H and O–H groups in total. The lowest BCUT2D eigenvalue weighted by atomic mass is 10.0. The quantitative estimate of drug-likeness (QED) is 0.183. The summed E-state index contributed by atoms with van der Waals surface area (Å²) in [6, 6.07) is 0. The van der Waals surface area contributed by atoms with E-state index in [0.29, 0.717) is 12.4 Å². The molecule has 0 radical (unpaired) electrons. The lowest BCUT2D eigenvalue weighted by Gasteiger charge is -2.08. The number of carbonyl (C=O) groups is 1. The van der Waals surface area contributed by atoms with Crippen LogP contribution in [-0.4, -0.2) is 18.3 Å². The Bertz CT molecular complexity index is 256. The van der Waals surface area contributed by atoms with Gasteiger partial charge >= 0.3 is 5.97 Å². The molecular formula is C20H40O2S. The van der Waals surface area contributed by atoms with E-state index in [1.807, 2.05) is 6.92 Å². The van der Waals surface area contributed by atoms with Crippen LogP contribution in [0.2, 0.25) is 0 Å². The average Bonchev–Trinajstić information content (AvgIpc) is 2.57. The van der Waals surface area contributed by atoms with Crippen LogP contribution in [0.25, 0.3) is 0 Å². The summed E-state index contributed by atoms with van der Waals surface area (Å²) < 4.78 is 5.21. The van der Waals surface area contributed by atoms with Crippen LogP contribution in [0, 0.1) is 5.92 Å². The maximum absolute atomic E-state index is 11.4. The van der Waals surface area contributed by atoms with Crippen LogP contribution >= 0.6 is 12.6 Å². The summed E-state index contributed by atoms with van der Waals surface area (Å²) in [5.41, 5.74) is 0. The Morgan fingerprint density at radius 2 is 1.17 bits per heavy atom. The van der Waals surface area contributed by atoms with E-state index in [4.69, 9.17) is 4.74 Å². The second-order valence-corrected chi connectivity index (χ2v) is 7.21. The summed E-state index contributed by atoms with van der Waals surface area (Å²) in [7, 11) is 0. The molecule has 0 aliphatic carbocycles. The molecular weight excluding hydrogens is 304 g/mol. The monoisotopic (exact) mass is 344 g/mol. The number of hydrogen-bond donors (Lipinski definition) is 1. The van der Waals surface area contributed by atoms with Gasteiger partial charge in [-0.2, -0.15) is 12.6 Å². The van der Waals surface area contributed by atoms with E-state index in [0.717, 1.165) is 6.42 Å². The molecule has 0 aliphatic heterocycles. The van der Waals surface area contributed by atoms with E-state index in [-0.39, 0.29) is 11.9 Å². The Morgan fingerprint density at radius 3 is 1.57 bits per heavy atom. The Balaban J connectivity index is 3.09. The van der Waals surface area contributed by atoms with Crippen LogP contribution in [0.4, 0.5) is 0 Å². The zero-order valence-electron chi connectivity index (χ0n) is 15.7. The highest BCUT2D eigenvalue weighted by Crippen LogP contribution is 2.13. The number of unbranched alkanes of at least 4 members (excludes halogenated alkanes) is 13. The fourth-order valence-electron chi connectivity index (χ4n) is 2.69. The Labute approximate surface area is 150 Å². The van der Waals surface area contributed by atoms with Gasteiger partial charge in [-0.05, 0) is 6.42 Å². The molecule has 0 saturated carbocycles. The minimum atomic E-state index is -0.102. The number of esters is 1. The van der Waals surface area contributed by atoms with Gasteiger partial charge in [0.2, 0.25) is 0 Å². The van der Waals surface area contributed by atoms with Crippen molar-refractivity contribution in [1.82, 2.24) is 0 Å². The first-order chi connectivity index (χ1) is 11.2. The Kier molecular flexibility index (Phi) is 18.0. The number of thiol groups is 1. The normalized spacial score (nSPS) is 12.3. The smallest absolute Gasteiger partial charge is 0.309 e. The molecule has 0 fully saturated rings. The van der Waals surface area contributed by atoms with Crippen molar-refractivity contribution >= 4 is 18.6 Å². The van der Waals surface area contributed by atoms with E-state index >= 15 is 0 Å². The van der Waals surface area contributed by atoms with Crippen molar-refractivity contribution in [3.63, 3.8) is 0 Å². The maximum atomic E-state index is 11.4. The molecule has 0 aliphatic rings. The first-order valence-corrected chi connectivity index (χ1v) is 10.6. The van der Waals surface area contributed by atoms with Crippen molar-refractivity contribution in [3.05, 3.63) is 0 Å². The molecule has 0 saturated heterocycles. The molecule has 0 aromatic rings. The fourth-order valence-corrected chi connectivity index (χ4v) is 2.84. The number of ether oxygens (including phenoxy) is 1. The highest BCUT2D eigenvalue weighted by atomic mass is 32.1. The van der Waals surface area contributed by atoms with E-state index in [9.17, 15) is 4.79 Å². The van der Waals surface area contributed by atoms with Crippen molar-refractivity contribution in [2.24, 2.45) is 5.92 Å². The van der Waals surface area contributed by atoms with Gasteiger partial charge in [-0.1, -0.05) is 97.3 Å². The van der Waals surface area contributed by atoms with Gasteiger partial charge in [-0.15, -0.1) is 0 Å². The molecule has 2 nitrogen and oxygen atoms in total. The largest absolute Gasteiger partial charge is 0.465 e. The van der Waals surface area contributed by atoms with Crippen LogP contribution in [0.5, 0.6) is 0 Å². The topological polar surface area (TPSA) is 26.3 Å². The van der Waals surface area contributed by atoms with Gasteiger partial charge in [0.05, 0.1) is 12.5 Å². The summed E-state index contributed by atoms with van der Waals surface area (Å²) in [5.74, 6) is 0.386. The number of rotatable bonds is 17. The molecule has 0 aromatic heterocycles. The second kappa shape index (κ2) is 18.2. The lowest BCUT2D eigenvalue weighted by Crippen LogP contribution is -2.16. The van der Waals surface area contributed by atoms with Gasteiger partial charge in [0, 0.05) is 5.75 Å². The summed E-state index contributed by atoms with van der Waals surface area (Å²) in [6.07, 6.45) is 18.9. The zero-order chi connectivity index (χ0) is 17.2. The first-order valence-electron chi connectivity index (χ1n) is 9.99. The van der Waals surface area contributed by atoms with Crippen LogP contribution in [0.1, 0.15) is 104 Å². The van der Waals surface area contributed by atoms with Gasteiger partial charge in [0.15, 0.2) is 0 Å². The minimum absolute atomic E-state index is 0.0787. The van der Waals surface area contributed by atoms with E-state index < -0.39 is 0 Å². The van der Waals surface area contributed by atoms with Crippen LogP contribution in [0.3, 0.4) is 0 Å². The van der Waals surface area contributed by atoms with Gasteiger partial charge in [0.1, 0.15) is 0 Å². The van der Waals surface area contributed by atoms with E-state index in [2.05, 4.69) is 19.6 Å². The molecule has 23 heavy (non-hydrogen) atoms. The third-order valence-corrected chi connectivity index (χ3v) is 4.97. The summed E-state index contributed by atoms with van der Waals surface area (Å²) in [6.45, 7) is 4.71. The second-order valence-electron chi connectivity index (χ2n) is 6.85. The Hall–Kier alpha value is -0.180. The highest BCUT2D eigenvalue weighted by molar-refractivity contribution is 7.80. The number of carbonyl (C=O) groups excluding carboxylic acids is 1. The molecule has 1 unspecified atom stereocenters. The minimum Gasteiger partial charge on any atom is -0.465 e. The maximum Gasteiger partial charge on any atom is 0.309 e. The van der Waals surface area contributed by atoms with Crippen LogP contribution in [0.15, 0.2) is 0 Å². The average molecular weight is 345 g/mol. The van der Waals surface area contributed by atoms with Crippen LogP contribution < -0.4 is 0 Å². The standard InChI is InChI=1S/C20H40O2S/c1-3-4-5-6-7-8-9-10-11-12-13-14-15-16-17-22-20(21)19(2)18-23/h19,23H,3-18H2,1-2H3. The third kappa shape index (κ3) is 16.5. The van der Waals surface area contributed by atoms with Crippen molar-refractivity contribution in [3.8, 4) is 0 Å². The van der Waals surface area contributed by atoms with Crippen molar-refractivity contribution in [2.45, 2.75) is 104 Å². The molecule has 0 spiro atoms. The predicted octanol–water partition coefficient (Wildman–Crippen LogP) is 6.58. The third-order valence-electron chi connectivity index (χ3n) is 4.42. The van der Waals surface area contributed by atoms with E-state index in [1.54, 1.807) is 0 Å². The highest BCUT2D eigenvalue weighted by Gasteiger charge is 2.11. The van der Waals surface area contributed by atoms with Gasteiger partial charge in [0.25, 0.3) is 0 Å². The fraction of sp³-hybridized carbons (Fsp3) is 0.950. The Morgan fingerprint density at radius 1 is 0.783 bits per heavy atom. The summed E-state index contributed by atoms with van der Waals surface area (Å²) in [4.78, 5) is 11.4. The molecule has 0 aromatic carbocycles. The molecule has 0 heterocycles. The lowest BCUT2D eigenvalue weighted by molar-refractivity contribution is -0.147. The molecule has 0 bridgehead atoms. The molecule has 0 amide bonds. The first kappa shape index (κ1) is 22.8. The van der Waals surface area contributed by atoms with Gasteiger partial charge in [-0.3, -0.25) is 4.79 Å². The predicted molar refractivity (Wildman–Crippen MR) is 104 cm³/mol. The summed E-state index contributed by atoms with van der Waals surface area (Å²) in [5, 5.41) is 0. The zero-order valence-corrected chi connectivity index (χ0v) is 16.5. The van der Waals surface area contributed by atoms with Crippen LogP contribution in [-0.2, 0) is 9.53 Å². The van der Waals surface area contributed by atoms with Crippen molar-refractivity contribution < 1.29 is 9.53 Å². The molecule has 138 valence electrons. The van der Waals surface area contributed by atoms with Crippen molar-refractivity contribution in [2.75, 3.05) is 12.4 Å². The molecule has 0 rings (SSSR count). The SMILES string of the molecule is CCCCCCCCCCCCCCCCOC(=O)C(C)CS.